The second-order valence-corrected chi connectivity index (χ2v) is 13.6. The molecule has 0 bridgehead atoms. The predicted molar refractivity (Wildman–Crippen MR) is 179 cm³/mol. The van der Waals surface area contributed by atoms with Crippen LogP contribution in [-0.2, 0) is 18.8 Å². The summed E-state index contributed by atoms with van der Waals surface area (Å²) in [4.78, 5) is 0. The molecule has 10 heteroatoms. The van der Waals surface area contributed by atoms with Crippen LogP contribution in [0.15, 0.2) is 0 Å². The summed E-state index contributed by atoms with van der Waals surface area (Å²) >= 11 is 0. The van der Waals surface area contributed by atoms with Crippen LogP contribution in [0.5, 0.6) is 0 Å². The van der Waals surface area contributed by atoms with Crippen molar-refractivity contribution in [1.29, 1.82) is 0 Å². The predicted octanol–water partition coefficient (Wildman–Crippen LogP) is 11.2. The van der Waals surface area contributed by atoms with Gasteiger partial charge >= 0.3 is 40.0 Å². The Bertz CT molecular complexity index is 676. The zero-order valence-electron chi connectivity index (χ0n) is 27.5. The molecular weight excluding hydrogens is 603 g/mol. The molecule has 0 amide bonds. The van der Waals surface area contributed by atoms with Crippen LogP contribution in [0.2, 0.25) is 0 Å². The zero-order chi connectivity index (χ0) is 31.9. The van der Waals surface area contributed by atoms with Crippen molar-refractivity contribution in [1.82, 2.24) is 0 Å². The fourth-order valence-corrected chi connectivity index (χ4v) is 6.01. The summed E-state index contributed by atoms with van der Waals surface area (Å²) in [6, 6.07) is 0. The Morgan fingerprint density at radius 2 is 0.864 bits per heavy atom. The summed E-state index contributed by atoms with van der Waals surface area (Å²) in [5.74, 6) is 0. The fourth-order valence-electron chi connectivity index (χ4n) is 5.32. The fraction of sp³-hybridized carbons (Fsp3) is 1.00. The van der Waals surface area contributed by atoms with Crippen molar-refractivity contribution >= 4 is 40.0 Å². The third-order valence-corrected chi connectivity index (χ3v) is 9.03. The Morgan fingerprint density at radius 3 is 1.27 bits per heavy atom. The molecule has 0 saturated heterocycles. The molecule has 3 unspecified atom stereocenters. The molecule has 0 aromatic rings. The molecule has 0 saturated carbocycles. The Hall–Kier alpha value is 0.590. The molecule has 44 heavy (non-hydrogen) atoms. The van der Waals surface area contributed by atoms with Crippen LogP contribution in [0.4, 0.5) is 17.6 Å². The molecule has 0 aliphatic rings. The zero-order valence-corrected chi connectivity index (χ0v) is 28.3. The maximum atomic E-state index is 14.0. The van der Waals surface area contributed by atoms with Gasteiger partial charge in [-0.2, -0.15) is 8.42 Å². The molecule has 0 aliphatic heterocycles. The van der Waals surface area contributed by atoms with E-state index in [4.69, 9.17) is 4.18 Å². The van der Waals surface area contributed by atoms with Gasteiger partial charge < -0.3 is 0 Å². The second kappa shape index (κ2) is 34.9. The first-order valence-electron chi connectivity index (χ1n) is 17.9. The van der Waals surface area contributed by atoms with Crippen molar-refractivity contribution < 1.29 is 34.3 Å². The third-order valence-electron chi connectivity index (χ3n) is 8.15. The van der Waals surface area contributed by atoms with Gasteiger partial charge in [0.1, 0.15) is 12.8 Å². The Balaban J connectivity index is 0. The van der Waals surface area contributed by atoms with Gasteiger partial charge in [-0.1, -0.05) is 161 Å². The summed E-state index contributed by atoms with van der Waals surface area (Å²) < 4.78 is 86.7. The van der Waals surface area contributed by atoms with E-state index in [9.17, 15) is 26.0 Å². The standard InChI is InChI=1S/C34H66F4O4S.Na.H/c1-2-3-4-5-6-7-8-9-10-11-12-13-14-15-16-17-18-21-24-27-30-41-43(39,40)42-31-33(37)34(38)32(36)28-25-22-19-20-23-26-29-35;;/h32-34H,2-31H2,1H3;;. The average Bonchev–Trinajstić information content (AvgIpc) is 2.99. The van der Waals surface area contributed by atoms with Gasteiger partial charge in [0.05, 0.1) is 13.3 Å². The molecule has 0 radical (unpaired) electrons. The summed E-state index contributed by atoms with van der Waals surface area (Å²) in [6.07, 6.45) is 22.0. The van der Waals surface area contributed by atoms with Crippen LogP contribution in [0.3, 0.4) is 0 Å². The number of rotatable bonds is 35. The first-order valence-corrected chi connectivity index (χ1v) is 19.2. The SMILES string of the molecule is CCCCCCCCCCCCCCCCCCCCCCOS(=O)(=O)OCC(F)C(F)C(F)CCCCCCCCF.[NaH]. The van der Waals surface area contributed by atoms with Crippen molar-refractivity contribution in [3.63, 3.8) is 0 Å². The molecule has 0 aliphatic carbocycles. The second-order valence-electron chi connectivity index (χ2n) is 12.3. The van der Waals surface area contributed by atoms with Gasteiger partial charge in [0.15, 0.2) is 12.3 Å². The first-order chi connectivity index (χ1) is 20.8. The molecule has 0 N–H and O–H groups in total. The van der Waals surface area contributed by atoms with E-state index in [0.717, 1.165) is 38.5 Å². The van der Waals surface area contributed by atoms with Crippen molar-refractivity contribution in [2.24, 2.45) is 0 Å². The van der Waals surface area contributed by atoms with Crippen LogP contribution in [0, 0.1) is 0 Å². The van der Waals surface area contributed by atoms with Crippen molar-refractivity contribution in [3.8, 4) is 0 Å². The van der Waals surface area contributed by atoms with E-state index in [2.05, 4.69) is 11.1 Å². The molecule has 0 aromatic heterocycles. The summed E-state index contributed by atoms with van der Waals surface area (Å²) in [5, 5.41) is 0. The topological polar surface area (TPSA) is 52.6 Å². The molecule has 0 heterocycles. The molecule has 262 valence electrons. The summed E-state index contributed by atoms with van der Waals surface area (Å²) in [6.45, 7) is 0.732. The number of alkyl halides is 4. The summed E-state index contributed by atoms with van der Waals surface area (Å²) in [5.41, 5.74) is 0. The van der Waals surface area contributed by atoms with Gasteiger partial charge in [-0.25, -0.2) is 21.5 Å². The van der Waals surface area contributed by atoms with Crippen LogP contribution in [0.1, 0.15) is 180 Å². The van der Waals surface area contributed by atoms with Gasteiger partial charge in [-0.3, -0.25) is 4.39 Å². The Labute approximate surface area is 291 Å². The normalized spacial score (nSPS) is 13.9. The monoisotopic (exact) mass is 670 g/mol. The molecule has 3 atom stereocenters. The van der Waals surface area contributed by atoms with Crippen molar-refractivity contribution in [2.45, 2.75) is 199 Å². The van der Waals surface area contributed by atoms with Crippen molar-refractivity contribution in [3.05, 3.63) is 0 Å². The van der Waals surface area contributed by atoms with Crippen LogP contribution < -0.4 is 0 Å². The molecule has 0 aromatic carbocycles. The van der Waals surface area contributed by atoms with Gasteiger partial charge in [0, 0.05) is 0 Å². The van der Waals surface area contributed by atoms with E-state index >= 15 is 0 Å². The first kappa shape index (κ1) is 46.7. The number of halogens is 4. The number of unbranched alkanes of at least 4 members (excludes halogenated alkanes) is 24. The molecule has 4 nitrogen and oxygen atoms in total. The van der Waals surface area contributed by atoms with Crippen LogP contribution in [0.25, 0.3) is 0 Å². The van der Waals surface area contributed by atoms with Gasteiger partial charge in [0.25, 0.3) is 0 Å². The van der Waals surface area contributed by atoms with Crippen LogP contribution >= 0.6 is 0 Å². The quantitative estimate of drug-likeness (QED) is 0.0383. The van der Waals surface area contributed by atoms with E-state index in [-0.39, 0.29) is 49.3 Å². The summed E-state index contributed by atoms with van der Waals surface area (Å²) in [7, 11) is -4.45. The number of hydrogen-bond acceptors (Lipinski definition) is 4. The minimum absolute atomic E-state index is 0. The average molecular weight is 671 g/mol. The van der Waals surface area contributed by atoms with Crippen molar-refractivity contribution in [2.75, 3.05) is 19.9 Å². The van der Waals surface area contributed by atoms with E-state index in [0.29, 0.717) is 25.7 Å². The number of hydrogen-bond donors (Lipinski definition) is 0. The van der Waals surface area contributed by atoms with Gasteiger partial charge in [0.2, 0.25) is 0 Å². The van der Waals surface area contributed by atoms with E-state index in [1.165, 1.54) is 103 Å². The van der Waals surface area contributed by atoms with Gasteiger partial charge in [-0.15, -0.1) is 0 Å². The van der Waals surface area contributed by atoms with Crippen LogP contribution in [-0.4, -0.2) is 76.4 Å². The maximum absolute atomic E-state index is 14.0. The molecule has 0 spiro atoms. The molecule has 0 rings (SSSR count). The minimum atomic E-state index is -4.45. The Kier molecular flexibility index (Phi) is 37.1. The third kappa shape index (κ3) is 32.5. The Morgan fingerprint density at radius 1 is 0.500 bits per heavy atom. The van der Waals surface area contributed by atoms with E-state index < -0.39 is 35.5 Å². The van der Waals surface area contributed by atoms with E-state index in [1.54, 1.807) is 0 Å². The molecule has 0 fully saturated rings. The van der Waals surface area contributed by atoms with Gasteiger partial charge in [-0.05, 0) is 19.3 Å². The van der Waals surface area contributed by atoms with E-state index in [1.807, 2.05) is 0 Å². The molecular formula is C34H67F4NaO4S.